The number of alkyl halides is 1. The van der Waals surface area contributed by atoms with Crippen LogP contribution in [0.5, 0.6) is 5.88 Å². The van der Waals surface area contributed by atoms with E-state index >= 15 is 0 Å². The van der Waals surface area contributed by atoms with Gasteiger partial charge in [0.05, 0.1) is 5.38 Å². The fourth-order valence-electron chi connectivity index (χ4n) is 3.86. The summed E-state index contributed by atoms with van der Waals surface area (Å²) < 4.78 is 6.22. The molecule has 0 saturated carbocycles. The van der Waals surface area contributed by atoms with Crippen LogP contribution in [-0.2, 0) is 6.42 Å². The molecule has 0 bridgehead atoms. The molecule has 0 N–H and O–H groups in total. The van der Waals surface area contributed by atoms with Crippen LogP contribution in [0.3, 0.4) is 0 Å². The van der Waals surface area contributed by atoms with Crippen molar-refractivity contribution in [1.82, 2.24) is 9.97 Å². The zero-order chi connectivity index (χ0) is 23.2. The van der Waals surface area contributed by atoms with Crippen molar-refractivity contribution in [3.63, 3.8) is 0 Å². The lowest BCUT2D eigenvalue weighted by molar-refractivity contribution is 0.268. The van der Waals surface area contributed by atoms with E-state index in [0.29, 0.717) is 24.2 Å². The predicted molar refractivity (Wildman–Crippen MR) is 138 cm³/mol. The average Bonchev–Trinajstić information content (AvgIpc) is 2.80. The van der Waals surface area contributed by atoms with Gasteiger partial charge in [0.25, 0.3) is 0 Å². The fourth-order valence-corrected chi connectivity index (χ4v) is 4.05. The van der Waals surface area contributed by atoms with E-state index in [2.05, 4.69) is 32.7 Å². The monoisotopic (exact) mass is 458 g/mol. The molecule has 0 aliphatic heterocycles. The highest BCUT2D eigenvalue weighted by atomic mass is 35.5. The predicted octanol–water partition coefficient (Wildman–Crippen LogP) is 8.50. The smallest absolute Gasteiger partial charge is 0.220 e. The number of halogens is 1. The summed E-state index contributed by atoms with van der Waals surface area (Å²) >= 11 is 6.71. The first kappa shape index (κ1) is 26.6. The Balaban J connectivity index is 2.00. The number of rotatable bonds is 16. The minimum atomic E-state index is -0.0146. The molecule has 0 spiro atoms. The molecular formula is C28H43ClN2O. The van der Waals surface area contributed by atoms with Crippen LogP contribution < -0.4 is 4.74 Å². The first-order chi connectivity index (χ1) is 15.5. The number of benzene rings is 1. The molecule has 2 rings (SSSR count). The van der Waals surface area contributed by atoms with Crippen molar-refractivity contribution in [2.24, 2.45) is 11.8 Å². The third kappa shape index (κ3) is 9.90. The molecule has 4 heteroatoms. The molecule has 32 heavy (non-hydrogen) atoms. The highest BCUT2D eigenvalue weighted by Crippen LogP contribution is 2.25. The molecule has 1 aromatic heterocycles. The van der Waals surface area contributed by atoms with Gasteiger partial charge in [0, 0.05) is 17.3 Å². The van der Waals surface area contributed by atoms with Gasteiger partial charge >= 0.3 is 0 Å². The molecule has 0 radical (unpaired) electrons. The van der Waals surface area contributed by atoms with Gasteiger partial charge in [-0.25, -0.2) is 4.98 Å². The number of aromatic nitrogens is 2. The second-order valence-corrected chi connectivity index (χ2v) is 10.1. The van der Waals surface area contributed by atoms with Crippen LogP contribution in [0.25, 0.3) is 11.4 Å². The zero-order valence-electron chi connectivity index (χ0n) is 20.7. The second-order valence-electron chi connectivity index (χ2n) is 9.54. The van der Waals surface area contributed by atoms with E-state index in [0.717, 1.165) is 36.3 Å². The number of aryl methyl sites for hydroxylation is 1. The Bertz CT molecular complexity index is 750. The van der Waals surface area contributed by atoms with E-state index in [1.165, 1.54) is 44.9 Å². The number of hydrogen-bond donors (Lipinski definition) is 0. The normalized spacial score (nSPS) is 13.3. The van der Waals surface area contributed by atoms with Crippen LogP contribution in [0, 0.1) is 11.8 Å². The number of hydrogen-bond acceptors (Lipinski definition) is 3. The number of ether oxygens (including phenoxy) is 1. The SMILES string of the molecule is CCCCCCCCc1cnc(-c2ccccc2)nc1OCC(Cl)C(C)CCCC(C)C. The van der Waals surface area contributed by atoms with Crippen molar-refractivity contribution >= 4 is 11.6 Å². The zero-order valence-corrected chi connectivity index (χ0v) is 21.4. The lowest BCUT2D eigenvalue weighted by atomic mass is 9.97. The summed E-state index contributed by atoms with van der Waals surface area (Å²) in [5.74, 6) is 2.58. The maximum Gasteiger partial charge on any atom is 0.220 e. The van der Waals surface area contributed by atoms with E-state index < -0.39 is 0 Å². The minimum absolute atomic E-state index is 0.0146. The van der Waals surface area contributed by atoms with Gasteiger partial charge in [0.2, 0.25) is 5.88 Å². The topological polar surface area (TPSA) is 35.0 Å². The second kappa shape index (κ2) is 15.3. The highest BCUT2D eigenvalue weighted by Gasteiger charge is 2.17. The van der Waals surface area contributed by atoms with E-state index in [4.69, 9.17) is 21.3 Å². The fraction of sp³-hybridized carbons (Fsp3) is 0.643. The van der Waals surface area contributed by atoms with Crippen LogP contribution in [0.1, 0.15) is 91.0 Å². The van der Waals surface area contributed by atoms with E-state index in [1.54, 1.807) is 0 Å². The van der Waals surface area contributed by atoms with Crippen LogP contribution in [-0.4, -0.2) is 22.0 Å². The van der Waals surface area contributed by atoms with Gasteiger partial charge in [-0.2, -0.15) is 4.98 Å². The Kier molecular flexibility index (Phi) is 12.7. The van der Waals surface area contributed by atoms with Gasteiger partial charge in [-0.1, -0.05) is 103 Å². The molecule has 1 heterocycles. The Morgan fingerprint density at radius 1 is 0.906 bits per heavy atom. The maximum atomic E-state index is 6.71. The third-order valence-corrected chi connectivity index (χ3v) is 6.65. The van der Waals surface area contributed by atoms with Gasteiger partial charge < -0.3 is 4.74 Å². The molecule has 2 aromatic rings. The Morgan fingerprint density at radius 3 is 2.34 bits per heavy atom. The van der Waals surface area contributed by atoms with Gasteiger partial charge in [-0.3, -0.25) is 0 Å². The van der Waals surface area contributed by atoms with Crippen molar-refractivity contribution in [1.29, 1.82) is 0 Å². The van der Waals surface area contributed by atoms with Crippen molar-refractivity contribution in [3.8, 4) is 17.3 Å². The average molecular weight is 459 g/mol. The largest absolute Gasteiger partial charge is 0.476 e. The molecule has 1 aromatic carbocycles. The summed E-state index contributed by atoms with van der Waals surface area (Å²) in [7, 11) is 0. The summed E-state index contributed by atoms with van der Waals surface area (Å²) in [5, 5.41) is -0.0146. The molecule has 2 unspecified atom stereocenters. The summed E-state index contributed by atoms with van der Waals surface area (Å²) in [6, 6.07) is 10.1. The van der Waals surface area contributed by atoms with Gasteiger partial charge in [0.15, 0.2) is 5.82 Å². The van der Waals surface area contributed by atoms with Crippen molar-refractivity contribution in [3.05, 3.63) is 42.1 Å². The molecule has 178 valence electrons. The van der Waals surface area contributed by atoms with Crippen molar-refractivity contribution in [2.75, 3.05) is 6.61 Å². The summed E-state index contributed by atoms with van der Waals surface area (Å²) in [6.07, 6.45) is 14.1. The minimum Gasteiger partial charge on any atom is -0.476 e. The third-order valence-electron chi connectivity index (χ3n) is 6.09. The molecular weight excluding hydrogens is 416 g/mol. The van der Waals surface area contributed by atoms with E-state index in [1.807, 2.05) is 36.5 Å². The van der Waals surface area contributed by atoms with Crippen LogP contribution in [0.15, 0.2) is 36.5 Å². The Labute approximate surface area is 201 Å². The molecule has 3 nitrogen and oxygen atoms in total. The van der Waals surface area contributed by atoms with E-state index in [-0.39, 0.29) is 5.38 Å². The molecule has 0 saturated heterocycles. The molecule has 0 aliphatic carbocycles. The van der Waals surface area contributed by atoms with Crippen LogP contribution in [0.4, 0.5) is 0 Å². The first-order valence-corrected chi connectivity index (χ1v) is 13.1. The Morgan fingerprint density at radius 2 is 1.62 bits per heavy atom. The summed E-state index contributed by atoms with van der Waals surface area (Å²) in [6.45, 7) is 9.52. The summed E-state index contributed by atoms with van der Waals surface area (Å²) in [5.41, 5.74) is 2.10. The maximum absolute atomic E-state index is 6.71. The van der Waals surface area contributed by atoms with Gasteiger partial charge in [-0.05, 0) is 31.1 Å². The van der Waals surface area contributed by atoms with Gasteiger partial charge in [-0.15, -0.1) is 11.6 Å². The number of nitrogens with zero attached hydrogens (tertiary/aromatic N) is 2. The quantitative estimate of drug-likeness (QED) is 0.187. The van der Waals surface area contributed by atoms with Crippen LogP contribution in [0.2, 0.25) is 0 Å². The molecule has 0 aliphatic rings. The van der Waals surface area contributed by atoms with E-state index in [9.17, 15) is 0 Å². The summed E-state index contributed by atoms with van der Waals surface area (Å²) in [4.78, 5) is 9.43. The van der Waals surface area contributed by atoms with Crippen molar-refractivity contribution in [2.45, 2.75) is 97.3 Å². The van der Waals surface area contributed by atoms with Gasteiger partial charge in [0.1, 0.15) is 6.61 Å². The Hall–Kier alpha value is -1.61. The first-order valence-electron chi connectivity index (χ1n) is 12.7. The molecule has 0 amide bonds. The molecule has 0 fully saturated rings. The lowest BCUT2D eigenvalue weighted by Crippen LogP contribution is -2.21. The number of unbranched alkanes of at least 4 members (excludes halogenated alkanes) is 5. The standard InChI is InChI=1S/C28H43ClN2O/c1-5-6-7-8-9-11-19-25-20-30-27(24-17-12-10-13-18-24)31-28(25)32-21-26(29)23(4)16-14-15-22(2)3/h10,12-13,17-18,20,22-23,26H,5-9,11,14-16,19,21H2,1-4H3. The lowest BCUT2D eigenvalue weighted by Gasteiger charge is -2.20. The molecule has 2 atom stereocenters. The van der Waals surface area contributed by atoms with Crippen LogP contribution >= 0.6 is 11.6 Å². The highest BCUT2D eigenvalue weighted by molar-refractivity contribution is 6.20. The van der Waals surface area contributed by atoms with Crippen molar-refractivity contribution < 1.29 is 4.74 Å².